The molecule has 0 aliphatic rings. The molecule has 2 aromatic rings. The molecule has 0 aliphatic carbocycles. The molecule has 0 aromatic heterocycles. The molecular formula is C18H19FOS. The van der Waals surface area contributed by atoms with Gasteiger partial charge < -0.3 is 0 Å². The fourth-order valence-electron chi connectivity index (χ4n) is 1.92. The SMILES string of the molecule is CC(C)(C)c1ccc(SCC(=O)c2ccc(F)cc2)cc1. The van der Waals surface area contributed by atoms with Gasteiger partial charge in [-0.05, 0) is 47.4 Å². The standard InChI is InChI=1S/C18H19FOS/c1-18(2,3)14-6-10-16(11-7-14)21-12-17(20)13-4-8-15(19)9-5-13/h4-11H,12H2,1-3H3. The summed E-state index contributed by atoms with van der Waals surface area (Å²) in [6, 6.07) is 14.0. The molecule has 0 heterocycles. The van der Waals surface area contributed by atoms with Gasteiger partial charge >= 0.3 is 0 Å². The molecule has 0 aliphatic heterocycles. The van der Waals surface area contributed by atoms with Crippen molar-refractivity contribution in [3.63, 3.8) is 0 Å². The van der Waals surface area contributed by atoms with Crippen LogP contribution in [-0.4, -0.2) is 11.5 Å². The Hall–Kier alpha value is -1.61. The van der Waals surface area contributed by atoms with Gasteiger partial charge in [0, 0.05) is 10.5 Å². The summed E-state index contributed by atoms with van der Waals surface area (Å²) >= 11 is 1.50. The van der Waals surface area contributed by atoms with Crippen molar-refractivity contribution in [1.82, 2.24) is 0 Å². The number of rotatable bonds is 4. The molecule has 0 spiro atoms. The Labute approximate surface area is 129 Å². The van der Waals surface area contributed by atoms with E-state index in [0.717, 1.165) is 4.90 Å². The zero-order valence-electron chi connectivity index (χ0n) is 12.5. The highest BCUT2D eigenvalue weighted by atomic mass is 32.2. The minimum atomic E-state index is -0.322. The molecule has 0 fully saturated rings. The molecule has 21 heavy (non-hydrogen) atoms. The number of halogens is 1. The van der Waals surface area contributed by atoms with Gasteiger partial charge in [0.25, 0.3) is 0 Å². The normalized spacial score (nSPS) is 11.4. The Balaban J connectivity index is 1.97. The number of Topliss-reactive ketones (excluding diaryl/α,β-unsaturated/α-hetero) is 1. The van der Waals surface area contributed by atoms with Crippen LogP contribution >= 0.6 is 11.8 Å². The van der Waals surface area contributed by atoms with Crippen LogP contribution < -0.4 is 0 Å². The first kappa shape index (κ1) is 15.8. The van der Waals surface area contributed by atoms with Crippen molar-refractivity contribution < 1.29 is 9.18 Å². The fourth-order valence-corrected chi connectivity index (χ4v) is 2.71. The van der Waals surface area contributed by atoms with Crippen LogP contribution in [0.15, 0.2) is 53.4 Å². The third kappa shape index (κ3) is 4.43. The molecule has 0 unspecified atom stereocenters. The minimum absolute atomic E-state index is 0.0138. The van der Waals surface area contributed by atoms with Crippen molar-refractivity contribution in [2.24, 2.45) is 0 Å². The topological polar surface area (TPSA) is 17.1 Å². The van der Waals surface area contributed by atoms with Crippen molar-refractivity contribution in [3.8, 4) is 0 Å². The van der Waals surface area contributed by atoms with Gasteiger partial charge in [0.05, 0.1) is 5.75 Å². The van der Waals surface area contributed by atoms with Crippen LogP contribution in [0.25, 0.3) is 0 Å². The molecule has 3 heteroatoms. The third-order valence-electron chi connectivity index (χ3n) is 3.26. The summed E-state index contributed by atoms with van der Waals surface area (Å²) in [6.07, 6.45) is 0. The Morgan fingerprint density at radius 3 is 2.10 bits per heavy atom. The molecular weight excluding hydrogens is 283 g/mol. The van der Waals surface area contributed by atoms with Crippen LogP contribution in [0, 0.1) is 5.82 Å². The van der Waals surface area contributed by atoms with Gasteiger partial charge in [0.2, 0.25) is 0 Å². The lowest BCUT2D eigenvalue weighted by atomic mass is 9.87. The number of benzene rings is 2. The van der Waals surface area contributed by atoms with Crippen molar-refractivity contribution >= 4 is 17.5 Å². The predicted octanol–water partition coefficient (Wildman–Crippen LogP) is 5.10. The highest BCUT2D eigenvalue weighted by Crippen LogP contribution is 2.26. The van der Waals surface area contributed by atoms with Gasteiger partial charge in [-0.3, -0.25) is 4.79 Å². The molecule has 0 bridgehead atoms. The smallest absolute Gasteiger partial charge is 0.173 e. The Bertz CT molecular complexity index is 609. The second-order valence-corrected chi connectivity index (χ2v) is 7.04. The maximum Gasteiger partial charge on any atom is 0.173 e. The number of carbonyl (C=O) groups is 1. The number of carbonyl (C=O) groups excluding carboxylic acids is 1. The summed E-state index contributed by atoms with van der Waals surface area (Å²) < 4.78 is 12.8. The number of thioether (sulfide) groups is 1. The minimum Gasteiger partial charge on any atom is -0.293 e. The number of hydrogen-bond acceptors (Lipinski definition) is 2. The first-order valence-electron chi connectivity index (χ1n) is 6.88. The van der Waals surface area contributed by atoms with E-state index < -0.39 is 0 Å². The molecule has 0 amide bonds. The van der Waals surface area contributed by atoms with E-state index in [4.69, 9.17) is 0 Å². The lowest BCUT2D eigenvalue weighted by Crippen LogP contribution is -2.10. The van der Waals surface area contributed by atoms with Gasteiger partial charge in [0.1, 0.15) is 5.82 Å². The second kappa shape index (κ2) is 6.44. The van der Waals surface area contributed by atoms with Gasteiger partial charge in [-0.2, -0.15) is 0 Å². The monoisotopic (exact) mass is 302 g/mol. The van der Waals surface area contributed by atoms with E-state index in [2.05, 4.69) is 32.9 Å². The van der Waals surface area contributed by atoms with Crippen LogP contribution in [0.5, 0.6) is 0 Å². The summed E-state index contributed by atoms with van der Waals surface area (Å²) in [5, 5.41) is 0. The van der Waals surface area contributed by atoms with E-state index in [1.165, 1.54) is 41.6 Å². The predicted molar refractivity (Wildman–Crippen MR) is 86.6 cm³/mol. The summed E-state index contributed by atoms with van der Waals surface area (Å²) in [6.45, 7) is 6.52. The average Bonchev–Trinajstić information content (AvgIpc) is 2.45. The Kier molecular flexibility index (Phi) is 4.84. The maximum absolute atomic E-state index is 12.8. The van der Waals surface area contributed by atoms with Gasteiger partial charge in [0.15, 0.2) is 5.78 Å². The Morgan fingerprint density at radius 1 is 1.00 bits per heavy atom. The van der Waals surface area contributed by atoms with Crippen LogP contribution in [0.4, 0.5) is 4.39 Å². The van der Waals surface area contributed by atoms with Crippen molar-refractivity contribution in [3.05, 3.63) is 65.5 Å². The average molecular weight is 302 g/mol. The lowest BCUT2D eigenvalue weighted by Gasteiger charge is -2.19. The van der Waals surface area contributed by atoms with Gasteiger partial charge in [-0.15, -0.1) is 11.8 Å². The van der Waals surface area contributed by atoms with Crippen molar-refractivity contribution in [1.29, 1.82) is 0 Å². The van der Waals surface area contributed by atoms with Gasteiger partial charge in [-0.25, -0.2) is 4.39 Å². The number of hydrogen-bond donors (Lipinski definition) is 0. The fraction of sp³-hybridized carbons (Fsp3) is 0.278. The summed E-state index contributed by atoms with van der Waals surface area (Å²) in [7, 11) is 0. The molecule has 0 N–H and O–H groups in total. The van der Waals surface area contributed by atoms with E-state index >= 15 is 0 Å². The van der Waals surface area contributed by atoms with E-state index in [0.29, 0.717) is 11.3 Å². The van der Waals surface area contributed by atoms with Crippen LogP contribution in [0.2, 0.25) is 0 Å². The molecule has 0 saturated carbocycles. The lowest BCUT2D eigenvalue weighted by molar-refractivity contribution is 0.102. The Morgan fingerprint density at radius 2 is 1.57 bits per heavy atom. The van der Waals surface area contributed by atoms with E-state index in [1.54, 1.807) is 0 Å². The molecule has 2 aromatic carbocycles. The van der Waals surface area contributed by atoms with Crippen LogP contribution in [0.3, 0.4) is 0 Å². The largest absolute Gasteiger partial charge is 0.293 e. The third-order valence-corrected chi connectivity index (χ3v) is 4.27. The second-order valence-electron chi connectivity index (χ2n) is 5.99. The highest BCUT2D eigenvalue weighted by molar-refractivity contribution is 8.00. The maximum atomic E-state index is 12.8. The first-order chi connectivity index (χ1) is 9.86. The zero-order chi connectivity index (χ0) is 15.5. The van der Waals surface area contributed by atoms with Crippen molar-refractivity contribution in [2.75, 3.05) is 5.75 Å². The molecule has 1 nitrogen and oxygen atoms in total. The molecule has 110 valence electrons. The molecule has 0 saturated heterocycles. The van der Waals surface area contributed by atoms with Gasteiger partial charge in [-0.1, -0.05) is 32.9 Å². The summed E-state index contributed by atoms with van der Waals surface area (Å²) in [4.78, 5) is 13.1. The van der Waals surface area contributed by atoms with E-state index in [-0.39, 0.29) is 17.0 Å². The van der Waals surface area contributed by atoms with Crippen LogP contribution in [0.1, 0.15) is 36.7 Å². The van der Waals surface area contributed by atoms with E-state index in [1.807, 2.05) is 12.1 Å². The molecule has 0 radical (unpaired) electrons. The number of ketones is 1. The molecule has 0 atom stereocenters. The van der Waals surface area contributed by atoms with E-state index in [9.17, 15) is 9.18 Å². The quantitative estimate of drug-likeness (QED) is 0.577. The first-order valence-corrected chi connectivity index (χ1v) is 7.87. The van der Waals surface area contributed by atoms with Crippen molar-refractivity contribution in [2.45, 2.75) is 31.1 Å². The molecule has 2 rings (SSSR count). The summed E-state index contributed by atoms with van der Waals surface area (Å²) in [5.41, 5.74) is 1.96. The summed E-state index contributed by atoms with van der Waals surface area (Å²) in [5.74, 6) is 0.0532. The zero-order valence-corrected chi connectivity index (χ0v) is 13.3. The highest BCUT2D eigenvalue weighted by Gasteiger charge is 2.13. The van der Waals surface area contributed by atoms with Crippen LogP contribution in [-0.2, 0) is 5.41 Å².